The Balaban J connectivity index is 2.12. The maximum Gasteiger partial charge on any atom is 0.410 e. The zero-order valence-corrected chi connectivity index (χ0v) is 15.3. The molecule has 144 valence electrons. The van der Waals surface area contributed by atoms with E-state index in [-0.39, 0.29) is 24.0 Å². The summed E-state index contributed by atoms with van der Waals surface area (Å²) >= 11 is 0. The normalized spacial score (nSPS) is 20.1. The molecule has 2 rings (SSSR count). The lowest BCUT2D eigenvalue weighted by atomic mass is 10.2. The summed E-state index contributed by atoms with van der Waals surface area (Å²) < 4.78 is 24.7. The van der Waals surface area contributed by atoms with Crippen LogP contribution in [0.1, 0.15) is 27.2 Å². The molecule has 1 amide bonds. The lowest BCUT2D eigenvalue weighted by Crippen LogP contribution is -2.43. The Bertz CT molecular complexity index is 677. The highest BCUT2D eigenvalue weighted by Gasteiger charge is 2.38. The van der Waals surface area contributed by atoms with E-state index in [0.29, 0.717) is 13.0 Å². The molecule has 1 N–H and O–H groups in total. The van der Waals surface area contributed by atoms with Crippen molar-refractivity contribution in [2.24, 2.45) is 0 Å². The lowest BCUT2D eigenvalue weighted by Gasteiger charge is -2.28. The fourth-order valence-corrected chi connectivity index (χ4v) is 2.85. The molecule has 0 spiro atoms. The Morgan fingerprint density at radius 3 is 2.69 bits per heavy atom. The topological polar surface area (TPSA) is 93.9 Å². The van der Waals surface area contributed by atoms with Crippen LogP contribution in [0.3, 0.4) is 0 Å². The molecule has 1 aromatic carbocycles. The largest absolute Gasteiger partial charge is 0.488 e. The molecule has 0 aromatic heterocycles. The molecule has 8 nitrogen and oxygen atoms in total. The molecule has 2 unspecified atom stereocenters. The van der Waals surface area contributed by atoms with Gasteiger partial charge in [-0.1, -0.05) is 0 Å². The number of nitrogens with zero attached hydrogens (tertiary/aromatic N) is 2. The van der Waals surface area contributed by atoms with Crippen molar-refractivity contribution in [3.05, 3.63) is 34.1 Å². The van der Waals surface area contributed by atoms with Crippen molar-refractivity contribution >= 4 is 11.8 Å². The van der Waals surface area contributed by atoms with Crippen LogP contribution in [0.15, 0.2) is 18.2 Å². The van der Waals surface area contributed by atoms with Crippen LogP contribution in [-0.2, 0) is 4.74 Å². The SMILES string of the molecule is CNCC1CC(Oc2cc(F)cc([N+](=O)[O-])c2)CN1C(=O)OC(C)(C)C. The molecule has 9 heteroatoms. The van der Waals surface area contributed by atoms with E-state index in [4.69, 9.17) is 9.47 Å². The average molecular weight is 369 g/mol. The lowest BCUT2D eigenvalue weighted by molar-refractivity contribution is -0.385. The maximum absolute atomic E-state index is 13.6. The molecule has 1 aliphatic heterocycles. The first-order valence-electron chi connectivity index (χ1n) is 8.35. The highest BCUT2D eigenvalue weighted by Crippen LogP contribution is 2.27. The van der Waals surface area contributed by atoms with Gasteiger partial charge in [-0.25, -0.2) is 9.18 Å². The molecule has 0 bridgehead atoms. The number of carbonyl (C=O) groups is 1. The fourth-order valence-electron chi connectivity index (χ4n) is 2.85. The van der Waals surface area contributed by atoms with E-state index in [0.717, 1.165) is 12.1 Å². The van der Waals surface area contributed by atoms with Crippen molar-refractivity contribution < 1.29 is 23.6 Å². The second-order valence-corrected chi connectivity index (χ2v) is 7.22. The van der Waals surface area contributed by atoms with Crippen LogP contribution in [0.4, 0.5) is 14.9 Å². The molecular weight excluding hydrogens is 345 g/mol. The van der Waals surface area contributed by atoms with Gasteiger partial charge in [-0.05, 0) is 27.8 Å². The third kappa shape index (κ3) is 5.29. The average Bonchev–Trinajstić information content (AvgIpc) is 2.88. The van der Waals surface area contributed by atoms with Gasteiger partial charge in [-0.15, -0.1) is 0 Å². The number of hydrogen-bond acceptors (Lipinski definition) is 6. The summed E-state index contributed by atoms with van der Waals surface area (Å²) in [5.41, 5.74) is -1.00. The Morgan fingerprint density at radius 1 is 1.42 bits per heavy atom. The smallest absolute Gasteiger partial charge is 0.410 e. The first-order chi connectivity index (χ1) is 12.1. The van der Waals surface area contributed by atoms with Crippen molar-refractivity contribution in [2.45, 2.75) is 44.9 Å². The minimum absolute atomic E-state index is 0.0657. The summed E-state index contributed by atoms with van der Waals surface area (Å²) in [4.78, 5) is 24.2. The van der Waals surface area contributed by atoms with Gasteiger partial charge in [0.05, 0.1) is 29.6 Å². The highest BCUT2D eigenvalue weighted by molar-refractivity contribution is 5.69. The summed E-state index contributed by atoms with van der Waals surface area (Å²) in [5.74, 6) is -0.682. The zero-order valence-electron chi connectivity index (χ0n) is 15.3. The van der Waals surface area contributed by atoms with Crippen LogP contribution in [-0.4, -0.2) is 53.8 Å². The number of ether oxygens (including phenoxy) is 2. The molecule has 1 heterocycles. The van der Waals surface area contributed by atoms with Crippen LogP contribution >= 0.6 is 0 Å². The van der Waals surface area contributed by atoms with Gasteiger partial charge in [0, 0.05) is 19.0 Å². The van der Waals surface area contributed by atoms with Crippen molar-refractivity contribution in [3.63, 3.8) is 0 Å². The number of amides is 1. The zero-order chi connectivity index (χ0) is 19.5. The van der Waals surface area contributed by atoms with Crippen LogP contribution in [0.5, 0.6) is 5.75 Å². The summed E-state index contributed by atoms with van der Waals surface area (Å²) in [5, 5.41) is 13.9. The standard InChI is InChI=1S/C17H24FN3O5/c1-17(2,3)26-16(22)20-10-15(8-13(20)9-19-4)25-14-6-11(18)5-12(7-14)21(23)24/h5-7,13,15,19H,8-10H2,1-4H3. The number of nitro groups is 1. The number of carbonyl (C=O) groups excluding carboxylic acids is 1. The number of halogens is 1. The van der Waals surface area contributed by atoms with Crippen LogP contribution < -0.4 is 10.1 Å². The Hall–Kier alpha value is -2.42. The monoisotopic (exact) mass is 369 g/mol. The van der Waals surface area contributed by atoms with Gasteiger partial charge in [0.15, 0.2) is 0 Å². The number of nitro benzene ring substituents is 1. The van der Waals surface area contributed by atoms with Crippen molar-refractivity contribution in [1.82, 2.24) is 10.2 Å². The van der Waals surface area contributed by atoms with E-state index in [1.165, 1.54) is 6.07 Å². The van der Waals surface area contributed by atoms with Gasteiger partial charge in [-0.2, -0.15) is 0 Å². The summed E-state index contributed by atoms with van der Waals surface area (Å²) in [7, 11) is 1.78. The van der Waals surface area contributed by atoms with Crippen molar-refractivity contribution in [1.29, 1.82) is 0 Å². The predicted molar refractivity (Wildman–Crippen MR) is 92.7 cm³/mol. The van der Waals surface area contributed by atoms with E-state index in [1.807, 2.05) is 0 Å². The third-order valence-electron chi connectivity index (χ3n) is 3.81. The molecule has 0 aliphatic carbocycles. The minimum Gasteiger partial charge on any atom is -0.488 e. The summed E-state index contributed by atoms with van der Waals surface area (Å²) in [6.45, 7) is 6.16. The van der Waals surface area contributed by atoms with Crippen molar-refractivity contribution in [3.8, 4) is 5.75 Å². The Labute approximate surface area is 151 Å². The molecule has 1 saturated heterocycles. The van der Waals surface area contributed by atoms with Gasteiger partial charge >= 0.3 is 6.09 Å². The minimum atomic E-state index is -0.747. The first kappa shape index (κ1) is 19.9. The number of likely N-dealkylation sites (tertiary alicyclic amines) is 1. The number of benzene rings is 1. The molecule has 2 atom stereocenters. The molecular formula is C17H24FN3O5. The fraction of sp³-hybridized carbons (Fsp3) is 0.588. The summed E-state index contributed by atoms with van der Waals surface area (Å²) in [6.07, 6.45) is -0.360. The molecule has 1 aliphatic rings. The van der Waals surface area contributed by atoms with Gasteiger partial charge in [-0.3, -0.25) is 10.1 Å². The van der Waals surface area contributed by atoms with Crippen molar-refractivity contribution in [2.75, 3.05) is 20.1 Å². The number of rotatable bonds is 5. The number of nitrogens with one attached hydrogen (secondary N) is 1. The number of hydrogen-bond donors (Lipinski definition) is 1. The Kier molecular flexibility index (Phi) is 6.01. The van der Waals surface area contributed by atoms with E-state index < -0.39 is 28.5 Å². The van der Waals surface area contributed by atoms with E-state index in [1.54, 1.807) is 32.7 Å². The van der Waals surface area contributed by atoms with Crippen LogP contribution in [0.25, 0.3) is 0 Å². The second kappa shape index (κ2) is 7.86. The number of likely N-dealkylation sites (N-methyl/N-ethyl adjacent to an activating group) is 1. The molecule has 0 radical (unpaired) electrons. The van der Waals surface area contributed by atoms with Crippen LogP contribution in [0.2, 0.25) is 0 Å². The number of non-ortho nitro benzene ring substituents is 1. The van der Waals surface area contributed by atoms with E-state index in [2.05, 4.69) is 5.32 Å². The molecule has 1 aromatic rings. The van der Waals surface area contributed by atoms with Gasteiger partial charge in [0.1, 0.15) is 23.3 Å². The molecule has 0 saturated carbocycles. The quantitative estimate of drug-likeness (QED) is 0.633. The highest BCUT2D eigenvalue weighted by atomic mass is 19.1. The maximum atomic E-state index is 13.6. The van der Waals surface area contributed by atoms with E-state index >= 15 is 0 Å². The van der Waals surface area contributed by atoms with Gasteiger partial charge < -0.3 is 19.7 Å². The van der Waals surface area contributed by atoms with E-state index in [9.17, 15) is 19.3 Å². The molecule has 1 fully saturated rings. The second-order valence-electron chi connectivity index (χ2n) is 7.22. The first-order valence-corrected chi connectivity index (χ1v) is 8.35. The third-order valence-corrected chi connectivity index (χ3v) is 3.81. The van der Waals surface area contributed by atoms with Gasteiger partial charge in [0.25, 0.3) is 5.69 Å². The summed E-state index contributed by atoms with van der Waals surface area (Å²) in [6, 6.07) is 2.95. The Morgan fingerprint density at radius 2 is 2.12 bits per heavy atom. The predicted octanol–water partition coefficient (Wildman–Crippen LogP) is 2.71. The molecule has 26 heavy (non-hydrogen) atoms. The van der Waals surface area contributed by atoms with Gasteiger partial charge in [0.2, 0.25) is 0 Å². The van der Waals surface area contributed by atoms with Crippen LogP contribution in [0, 0.1) is 15.9 Å².